The van der Waals surface area contributed by atoms with Crippen molar-refractivity contribution in [1.29, 1.82) is 5.26 Å². The largest absolute Gasteiger partial charge is 0.451 e. The number of hydrogen-bond donors (Lipinski definition) is 0. The molecule has 1 aromatic heterocycles. The molecule has 2 rings (SSSR count). The highest BCUT2D eigenvalue weighted by atomic mass is 16.5. The van der Waals surface area contributed by atoms with Gasteiger partial charge in [-0.2, -0.15) is 5.26 Å². The number of hydrogen-bond acceptors (Lipinski definition) is 4. The predicted molar refractivity (Wildman–Crippen MR) is 118 cm³/mol. The summed E-state index contributed by atoms with van der Waals surface area (Å²) in [4.78, 5) is 26.7. The molecule has 6 heteroatoms. The molecule has 30 heavy (non-hydrogen) atoms. The molecule has 1 aromatic carbocycles. The van der Waals surface area contributed by atoms with Crippen LogP contribution in [0.25, 0.3) is 6.08 Å². The summed E-state index contributed by atoms with van der Waals surface area (Å²) in [7, 11) is 0. The number of para-hydroxylation sites is 1. The Labute approximate surface area is 178 Å². The van der Waals surface area contributed by atoms with Gasteiger partial charge in [-0.05, 0) is 64.0 Å². The Bertz CT molecular complexity index is 966. The molecule has 0 bridgehead atoms. The number of carbonyl (C=O) groups is 2. The number of anilines is 1. The molecule has 0 aliphatic carbocycles. The standard InChI is InChI=1S/C24H29N3O3/c1-6-12-26-18(4)13-20(19(26)5)14-21(15-25)24(29)30-16-23(28)27(17(2)3)22-10-8-7-9-11-22/h7-11,13-14,17H,6,12,16H2,1-5H3/b21-14+. The number of rotatable bonds is 8. The molecular weight excluding hydrogens is 378 g/mol. The fourth-order valence-corrected chi connectivity index (χ4v) is 3.43. The number of nitrogens with zero attached hydrogens (tertiary/aromatic N) is 3. The average molecular weight is 408 g/mol. The van der Waals surface area contributed by atoms with Crippen LogP contribution in [0.5, 0.6) is 0 Å². The number of carbonyl (C=O) groups excluding carboxylic acids is 2. The third-order valence-corrected chi connectivity index (χ3v) is 4.85. The predicted octanol–water partition coefficient (Wildman–Crippen LogP) is 4.41. The topological polar surface area (TPSA) is 75.3 Å². The zero-order valence-corrected chi connectivity index (χ0v) is 18.3. The van der Waals surface area contributed by atoms with E-state index in [9.17, 15) is 14.9 Å². The second-order valence-electron chi connectivity index (χ2n) is 7.42. The molecule has 0 aliphatic heterocycles. The molecule has 0 spiro atoms. The molecule has 0 aliphatic rings. The lowest BCUT2D eigenvalue weighted by molar-refractivity contribution is -0.143. The minimum Gasteiger partial charge on any atom is -0.451 e. The maximum absolute atomic E-state index is 12.7. The first-order chi connectivity index (χ1) is 14.3. The summed E-state index contributed by atoms with van der Waals surface area (Å²) in [6.45, 7) is 10.3. The van der Waals surface area contributed by atoms with E-state index in [4.69, 9.17) is 4.74 Å². The summed E-state index contributed by atoms with van der Waals surface area (Å²) in [5.41, 5.74) is 3.45. The number of ether oxygens (including phenoxy) is 1. The van der Waals surface area contributed by atoms with Gasteiger partial charge in [-0.15, -0.1) is 0 Å². The van der Waals surface area contributed by atoms with Crippen molar-refractivity contribution in [3.63, 3.8) is 0 Å². The number of amides is 1. The van der Waals surface area contributed by atoms with Gasteiger partial charge in [-0.3, -0.25) is 4.79 Å². The molecule has 0 radical (unpaired) electrons. The smallest absolute Gasteiger partial charge is 0.349 e. The normalized spacial score (nSPS) is 11.3. The van der Waals surface area contributed by atoms with Crippen LogP contribution in [0.1, 0.15) is 44.1 Å². The fraction of sp³-hybridized carbons (Fsp3) is 0.375. The van der Waals surface area contributed by atoms with Crippen molar-refractivity contribution in [1.82, 2.24) is 4.57 Å². The summed E-state index contributed by atoms with van der Waals surface area (Å²) in [5.74, 6) is -1.15. The van der Waals surface area contributed by atoms with Crippen LogP contribution in [0.2, 0.25) is 0 Å². The van der Waals surface area contributed by atoms with Crippen molar-refractivity contribution in [2.24, 2.45) is 0 Å². The van der Waals surface area contributed by atoms with E-state index in [1.807, 2.05) is 70.2 Å². The van der Waals surface area contributed by atoms with E-state index in [-0.39, 0.29) is 17.5 Å². The third kappa shape index (κ3) is 5.38. The van der Waals surface area contributed by atoms with Crippen LogP contribution in [0.4, 0.5) is 5.69 Å². The summed E-state index contributed by atoms with van der Waals surface area (Å²) in [6, 6.07) is 12.9. The SMILES string of the molecule is CCCn1c(C)cc(/C=C(\C#N)C(=O)OCC(=O)N(c2ccccc2)C(C)C)c1C. The zero-order chi connectivity index (χ0) is 22.3. The van der Waals surface area contributed by atoms with Crippen molar-refractivity contribution < 1.29 is 14.3 Å². The van der Waals surface area contributed by atoms with E-state index >= 15 is 0 Å². The second kappa shape index (κ2) is 10.4. The highest BCUT2D eigenvalue weighted by molar-refractivity contribution is 6.01. The van der Waals surface area contributed by atoms with Gasteiger partial charge in [-0.25, -0.2) is 4.79 Å². The van der Waals surface area contributed by atoms with Crippen molar-refractivity contribution in [3.8, 4) is 6.07 Å². The van der Waals surface area contributed by atoms with Crippen LogP contribution < -0.4 is 4.90 Å². The maximum atomic E-state index is 12.7. The first kappa shape index (κ1) is 23.0. The second-order valence-corrected chi connectivity index (χ2v) is 7.42. The number of nitriles is 1. The molecule has 1 heterocycles. The minimum absolute atomic E-state index is 0.103. The molecule has 1 amide bonds. The lowest BCUT2D eigenvalue weighted by atomic mass is 10.1. The Morgan fingerprint density at radius 1 is 1.23 bits per heavy atom. The molecular formula is C24H29N3O3. The number of benzene rings is 1. The van der Waals surface area contributed by atoms with Gasteiger partial charge in [0.2, 0.25) is 0 Å². The minimum atomic E-state index is -0.803. The van der Waals surface area contributed by atoms with Crippen molar-refractivity contribution >= 4 is 23.6 Å². The van der Waals surface area contributed by atoms with Gasteiger partial charge in [0.25, 0.3) is 5.91 Å². The Morgan fingerprint density at radius 2 is 1.90 bits per heavy atom. The van der Waals surface area contributed by atoms with Crippen molar-refractivity contribution in [2.75, 3.05) is 11.5 Å². The van der Waals surface area contributed by atoms with Crippen LogP contribution in [0.15, 0.2) is 42.0 Å². The highest BCUT2D eigenvalue weighted by Crippen LogP contribution is 2.20. The van der Waals surface area contributed by atoms with Gasteiger partial charge in [0.1, 0.15) is 11.6 Å². The lowest BCUT2D eigenvalue weighted by Crippen LogP contribution is -2.40. The molecule has 0 atom stereocenters. The van der Waals surface area contributed by atoms with Crippen LogP contribution in [0.3, 0.4) is 0 Å². The molecule has 6 nitrogen and oxygen atoms in total. The van der Waals surface area contributed by atoms with E-state index in [1.54, 1.807) is 4.90 Å². The zero-order valence-electron chi connectivity index (χ0n) is 18.3. The van der Waals surface area contributed by atoms with Gasteiger partial charge < -0.3 is 14.2 Å². The maximum Gasteiger partial charge on any atom is 0.349 e. The highest BCUT2D eigenvalue weighted by Gasteiger charge is 2.22. The van der Waals surface area contributed by atoms with E-state index in [2.05, 4.69) is 11.5 Å². The van der Waals surface area contributed by atoms with Crippen LogP contribution in [-0.4, -0.2) is 29.1 Å². The molecule has 158 valence electrons. The quantitative estimate of drug-likeness (QED) is 0.369. The third-order valence-electron chi connectivity index (χ3n) is 4.85. The van der Waals surface area contributed by atoms with Gasteiger partial charge >= 0.3 is 5.97 Å². The summed E-state index contributed by atoms with van der Waals surface area (Å²) >= 11 is 0. The lowest BCUT2D eigenvalue weighted by Gasteiger charge is -2.26. The molecule has 2 aromatic rings. The Kier molecular flexibility index (Phi) is 7.99. The summed E-state index contributed by atoms with van der Waals surface area (Å²) in [6.07, 6.45) is 2.52. The first-order valence-corrected chi connectivity index (χ1v) is 10.1. The van der Waals surface area contributed by atoms with E-state index in [0.29, 0.717) is 0 Å². The molecule has 0 fully saturated rings. The van der Waals surface area contributed by atoms with Gasteiger partial charge in [0.05, 0.1) is 0 Å². The van der Waals surface area contributed by atoms with Crippen molar-refractivity contribution in [3.05, 3.63) is 58.9 Å². The molecule has 0 unspecified atom stereocenters. The average Bonchev–Trinajstić information content (AvgIpc) is 2.98. The van der Waals surface area contributed by atoms with Gasteiger partial charge in [-0.1, -0.05) is 25.1 Å². The van der Waals surface area contributed by atoms with E-state index < -0.39 is 12.6 Å². The first-order valence-electron chi connectivity index (χ1n) is 10.1. The number of aromatic nitrogens is 1. The van der Waals surface area contributed by atoms with Gasteiger partial charge in [0, 0.05) is 29.7 Å². The molecule has 0 saturated carbocycles. The number of aryl methyl sites for hydroxylation is 1. The van der Waals surface area contributed by atoms with E-state index in [0.717, 1.165) is 35.6 Å². The van der Waals surface area contributed by atoms with Crippen LogP contribution >= 0.6 is 0 Å². The molecule has 0 saturated heterocycles. The van der Waals surface area contributed by atoms with Crippen LogP contribution in [0, 0.1) is 25.2 Å². The van der Waals surface area contributed by atoms with E-state index in [1.165, 1.54) is 6.08 Å². The number of esters is 1. The Balaban J connectivity index is 2.14. The van der Waals surface area contributed by atoms with Crippen molar-refractivity contribution in [2.45, 2.75) is 53.6 Å². The van der Waals surface area contributed by atoms with Crippen LogP contribution in [-0.2, 0) is 20.9 Å². The van der Waals surface area contributed by atoms with Gasteiger partial charge in [0.15, 0.2) is 6.61 Å². The molecule has 0 N–H and O–H groups in total. The summed E-state index contributed by atoms with van der Waals surface area (Å²) < 4.78 is 7.33. The summed E-state index contributed by atoms with van der Waals surface area (Å²) in [5, 5.41) is 9.45. The Hall–Kier alpha value is -3.33. The fourth-order valence-electron chi connectivity index (χ4n) is 3.43. The Morgan fingerprint density at radius 3 is 2.47 bits per heavy atom. The monoisotopic (exact) mass is 407 g/mol.